The summed E-state index contributed by atoms with van der Waals surface area (Å²) in [6.45, 7) is 4.23. The standard InChI is InChI=1S/C25H25NO9/c1-13-18(11-23(29)26-12-16-6-7-19(31-4)20(8-16)32-5)25(30)35-22-10-17(33-14(2)27)9-21(24(13)22)34-15(3)28/h6-10H,11-12H2,1-5H3,(H,26,29). The molecule has 35 heavy (non-hydrogen) atoms. The van der Waals surface area contributed by atoms with E-state index >= 15 is 0 Å². The third-order valence-corrected chi connectivity index (χ3v) is 5.11. The number of aryl methyl sites for hydroxylation is 1. The van der Waals surface area contributed by atoms with E-state index in [1.54, 1.807) is 25.1 Å². The topological polar surface area (TPSA) is 130 Å². The molecule has 0 radical (unpaired) electrons. The maximum absolute atomic E-state index is 12.7. The van der Waals surface area contributed by atoms with Gasteiger partial charge in [0.2, 0.25) is 5.91 Å². The first-order valence-corrected chi connectivity index (χ1v) is 10.6. The van der Waals surface area contributed by atoms with Gasteiger partial charge >= 0.3 is 17.6 Å². The Morgan fingerprint density at radius 2 is 1.60 bits per heavy atom. The van der Waals surface area contributed by atoms with Crippen LogP contribution in [0.1, 0.15) is 30.5 Å². The smallest absolute Gasteiger partial charge is 0.340 e. The van der Waals surface area contributed by atoms with E-state index in [9.17, 15) is 19.2 Å². The van der Waals surface area contributed by atoms with Gasteiger partial charge in [-0.15, -0.1) is 0 Å². The number of fused-ring (bicyclic) bond motifs is 1. The van der Waals surface area contributed by atoms with Crippen molar-refractivity contribution in [1.29, 1.82) is 0 Å². The van der Waals surface area contributed by atoms with Crippen molar-refractivity contribution >= 4 is 28.8 Å². The molecule has 1 aromatic heterocycles. The van der Waals surface area contributed by atoms with Gasteiger partial charge in [0.1, 0.15) is 17.1 Å². The van der Waals surface area contributed by atoms with Gasteiger partial charge in [0.15, 0.2) is 11.5 Å². The zero-order chi connectivity index (χ0) is 25.7. The fourth-order valence-corrected chi connectivity index (χ4v) is 3.56. The summed E-state index contributed by atoms with van der Waals surface area (Å²) in [5, 5.41) is 3.08. The summed E-state index contributed by atoms with van der Waals surface area (Å²) >= 11 is 0. The fraction of sp³-hybridized carbons (Fsp3) is 0.280. The largest absolute Gasteiger partial charge is 0.493 e. The molecule has 3 aromatic rings. The lowest BCUT2D eigenvalue weighted by Gasteiger charge is -2.13. The molecule has 1 heterocycles. The van der Waals surface area contributed by atoms with Gasteiger partial charge in [0.05, 0.1) is 31.6 Å². The van der Waals surface area contributed by atoms with E-state index in [1.165, 1.54) is 40.2 Å². The maximum atomic E-state index is 12.7. The van der Waals surface area contributed by atoms with Crippen LogP contribution in [0.2, 0.25) is 0 Å². The Balaban J connectivity index is 1.89. The molecule has 0 saturated carbocycles. The molecule has 10 heteroatoms. The first-order chi connectivity index (χ1) is 16.6. The van der Waals surface area contributed by atoms with Crippen LogP contribution in [0.5, 0.6) is 23.0 Å². The molecule has 0 aliphatic rings. The van der Waals surface area contributed by atoms with Crippen molar-refractivity contribution < 1.29 is 37.7 Å². The van der Waals surface area contributed by atoms with Crippen LogP contribution in [0.25, 0.3) is 11.0 Å². The van der Waals surface area contributed by atoms with Crippen LogP contribution in [-0.4, -0.2) is 32.1 Å². The molecule has 0 aliphatic heterocycles. The van der Waals surface area contributed by atoms with Crippen molar-refractivity contribution in [3.05, 3.63) is 57.4 Å². The highest BCUT2D eigenvalue weighted by Gasteiger charge is 2.20. The number of carbonyl (C=O) groups is 3. The number of nitrogens with one attached hydrogen (secondary N) is 1. The number of amides is 1. The van der Waals surface area contributed by atoms with E-state index in [4.69, 9.17) is 23.4 Å². The summed E-state index contributed by atoms with van der Waals surface area (Å²) in [5.74, 6) is -0.460. The van der Waals surface area contributed by atoms with E-state index in [0.717, 1.165) is 5.56 Å². The van der Waals surface area contributed by atoms with Crippen LogP contribution >= 0.6 is 0 Å². The van der Waals surface area contributed by atoms with E-state index < -0.39 is 23.5 Å². The van der Waals surface area contributed by atoms with Gasteiger partial charge in [-0.3, -0.25) is 14.4 Å². The number of methoxy groups -OCH3 is 2. The van der Waals surface area contributed by atoms with Crippen LogP contribution in [-0.2, 0) is 27.3 Å². The highest BCUT2D eigenvalue weighted by Crippen LogP contribution is 2.34. The second kappa shape index (κ2) is 10.7. The van der Waals surface area contributed by atoms with Crippen LogP contribution < -0.4 is 29.9 Å². The minimum atomic E-state index is -0.731. The number of carbonyl (C=O) groups excluding carboxylic acids is 3. The number of rotatable bonds is 8. The molecule has 0 saturated heterocycles. The molecule has 0 unspecified atom stereocenters. The van der Waals surface area contributed by atoms with Gasteiger partial charge in [-0.05, 0) is 30.2 Å². The number of ether oxygens (including phenoxy) is 4. The molecule has 2 aromatic carbocycles. The summed E-state index contributed by atoms with van der Waals surface area (Å²) in [6.07, 6.45) is -0.261. The van der Waals surface area contributed by atoms with Crippen molar-refractivity contribution in [2.24, 2.45) is 0 Å². The van der Waals surface area contributed by atoms with Gasteiger partial charge in [-0.1, -0.05) is 6.07 Å². The predicted molar refractivity (Wildman–Crippen MR) is 125 cm³/mol. The van der Waals surface area contributed by atoms with E-state index in [1.807, 2.05) is 0 Å². The Bertz CT molecular complexity index is 1360. The summed E-state index contributed by atoms with van der Waals surface area (Å²) in [4.78, 5) is 48.3. The zero-order valence-electron chi connectivity index (χ0n) is 20.0. The quantitative estimate of drug-likeness (QED) is 0.292. The molecular weight excluding hydrogens is 458 g/mol. The van der Waals surface area contributed by atoms with Crippen LogP contribution in [0.4, 0.5) is 0 Å². The SMILES string of the molecule is COc1ccc(CNC(=O)Cc2c(C)c3c(OC(C)=O)cc(OC(C)=O)cc3oc2=O)cc1OC. The minimum absolute atomic E-state index is 0.0412. The van der Waals surface area contributed by atoms with Gasteiger partial charge in [0.25, 0.3) is 0 Å². The van der Waals surface area contributed by atoms with Crippen LogP contribution in [0.3, 0.4) is 0 Å². The first-order valence-electron chi connectivity index (χ1n) is 10.6. The zero-order valence-corrected chi connectivity index (χ0v) is 20.0. The van der Waals surface area contributed by atoms with E-state index in [2.05, 4.69) is 5.32 Å². The lowest BCUT2D eigenvalue weighted by molar-refractivity contribution is -0.132. The second-order valence-electron chi connectivity index (χ2n) is 7.62. The molecule has 184 valence electrons. The summed E-state index contributed by atoms with van der Waals surface area (Å²) in [6, 6.07) is 7.94. The Hall–Kier alpha value is -4.34. The number of esters is 2. The molecule has 3 rings (SSSR count). The van der Waals surface area contributed by atoms with Crippen molar-refractivity contribution in [3.8, 4) is 23.0 Å². The van der Waals surface area contributed by atoms with Crippen LogP contribution in [0.15, 0.2) is 39.5 Å². The summed E-state index contributed by atoms with van der Waals surface area (Å²) < 4.78 is 26.2. The van der Waals surface area contributed by atoms with Crippen LogP contribution in [0, 0.1) is 6.92 Å². The lowest BCUT2D eigenvalue weighted by atomic mass is 10.0. The average Bonchev–Trinajstić information content (AvgIpc) is 2.79. The summed E-state index contributed by atoms with van der Waals surface area (Å²) in [5.41, 5.74) is 0.606. The third-order valence-electron chi connectivity index (χ3n) is 5.11. The molecule has 0 fully saturated rings. The van der Waals surface area contributed by atoms with Gasteiger partial charge < -0.3 is 28.7 Å². The highest BCUT2D eigenvalue weighted by molar-refractivity contribution is 5.92. The third kappa shape index (κ3) is 5.97. The number of hydrogen-bond donors (Lipinski definition) is 1. The van der Waals surface area contributed by atoms with Crippen molar-refractivity contribution in [3.63, 3.8) is 0 Å². The predicted octanol–water partition coefficient (Wildman–Crippen LogP) is 2.83. The Labute approximate surface area is 200 Å². The molecule has 0 aliphatic carbocycles. The van der Waals surface area contributed by atoms with Crippen molar-refractivity contribution in [1.82, 2.24) is 5.32 Å². The lowest BCUT2D eigenvalue weighted by Crippen LogP contribution is -2.27. The molecule has 0 spiro atoms. The Kier molecular flexibility index (Phi) is 7.75. The second-order valence-corrected chi connectivity index (χ2v) is 7.62. The molecule has 0 atom stereocenters. The minimum Gasteiger partial charge on any atom is -0.493 e. The maximum Gasteiger partial charge on any atom is 0.340 e. The number of benzene rings is 2. The monoisotopic (exact) mass is 483 g/mol. The Morgan fingerprint density at radius 3 is 2.23 bits per heavy atom. The average molecular weight is 483 g/mol. The molecule has 1 N–H and O–H groups in total. The fourth-order valence-electron chi connectivity index (χ4n) is 3.56. The number of hydrogen-bond acceptors (Lipinski definition) is 9. The molecule has 10 nitrogen and oxygen atoms in total. The molecule has 0 bridgehead atoms. The van der Waals surface area contributed by atoms with Crippen molar-refractivity contribution in [2.45, 2.75) is 33.7 Å². The van der Waals surface area contributed by atoms with E-state index in [-0.39, 0.29) is 35.6 Å². The first kappa shape index (κ1) is 25.3. The van der Waals surface area contributed by atoms with Gasteiger partial charge in [-0.2, -0.15) is 0 Å². The van der Waals surface area contributed by atoms with Gasteiger partial charge in [-0.25, -0.2) is 4.79 Å². The summed E-state index contributed by atoms with van der Waals surface area (Å²) in [7, 11) is 3.04. The van der Waals surface area contributed by atoms with Gasteiger partial charge in [0, 0.05) is 32.5 Å². The normalized spacial score (nSPS) is 10.5. The molecule has 1 amide bonds. The highest BCUT2D eigenvalue weighted by atomic mass is 16.5. The Morgan fingerprint density at radius 1 is 0.914 bits per heavy atom. The van der Waals surface area contributed by atoms with E-state index in [0.29, 0.717) is 22.4 Å². The van der Waals surface area contributed by atoms with Crippen molar-refractivity contribution in [2.75, 3.05) is 14.2 Å². The molecular formula is C25H25NO9.